The number of hydrogen-bond acceptors (Lipinski definition) is 4. The number of aryl methyl sites for hydroxylation is 3. The fourth-order valence-electron chi connectivity index (χ4n) is 3.91. The number of aliphatic carboxylic acids is 1. The average Bonchev–Trinajstić information content (AvgIpc) is 2.80. The smallest absolute Gasteiger partial charge is 0.303 e. The Morgan fingerprint density at radius 2 is 1.65 bits per heavy atom. The van der Waals surface area contributed by atoms with Crippen LogP contribution in [0, 0.1) is 13.8 Å². The molecule has 0 saturated carbocycles. The van der Waals surface area contributed by atoms with Gasteiger partial charge in [-0.3, -0.25) is 4.79 Å². The minimum atomic E-state index is -0.772. The molecule has 3 aromatic rings. The Hall–Kier alpha value is -3.02. The fourth-order valence-corrected chi connectivity index (χ4v) is 3.91. The summed E-state index contributed by atoms with van der Waals surface area (Å²) in [4.78, 5) is 10.7. The van der Waals surface area contributed by atoms with Gasteiger partial charge in [-0.15, -0.1) is 12.4 Å². The van der Waals surface area contributed by atoms with Gasteiger partial charge in [0.25, 0.3) is 0 Å². The molecule has 0 aliphatic heterocycles. The molecule has 0 fully saturated rings. The van der Waals surface area contributed by atoms with Crippen molar-refractivity contribution >= 4 is 24.1 Å². The zero-order chi connectivity index (χ0) is 23.6. The van der Waals surface area contributed by atoms with Gasteiger partial charge in [-0.25, -0.2) is 0 Å². The van der Waals surface area contributed by atoms with Crippen molar-refractivity contribution in [3.63, 3.8) is 0 Å². The van der Waals surface area contributed by atoms with E-state index in [1.54, 1.807) is 0 Å². The summed E-state index contributed by atoms with van der Waals surface area (Å²) in [6, 6.07) is 20.7. The number of rotatable bonds is 12. The van der Waals surface area contributed by atoms with E-state index in [1.807, 2.05) is 31.2 Å². The van der Waals surface area contributed by atoms with E-state index in [0.717, 1.165) is 17.0 Å². The fraction of sp³-hybridized carbons (Fsp3) is 0.321. The van der Waals surface area contributed by atoms with Gasteiger partial charge in [0, 0.05) is 25.3 Å². The summed E-state index contributed by atoms with van der Waals surface area (Å²) in [5, 5.41) is 12.3. The number of halogens is 1. The number of carboxylic acids is 1. The van der Waals surface area contributed by atoms with Crippen LogP contribution in [0.3, 0.4) is 0 Å². The van der Waals surface area contributed by atoms with Crippen molar-refractivity contribution < 1.29 is 19.4 Å². The SMILES string of the molecule is CCOCCOc1cc(C)c(-c2cccc(CNc3ccc(CCC(=O)O)cc3)c2)c(C)c1.Cl. The van der Waals surface area contributed by atoms with E-state index in [1.165, 1.54) is 27.8 Å². The number of nitrogens with one attached hydrogen (secondary N) is 1. The molecular weight excluding hydrogens is 450 g/mol. The van der Waals surface area contributed by atoms with Gasteiger partial charge in [0.1, 0.15) is 12.4 Å². The zero-order valence-corrected chi connectivity index (χ0v) is 20.9. The maximum Gasteiger partial charge on any atom is 0.303 e. The molecule has 5 nitrogen and oxygen atoms in total. The standard InChI is InChI=1S/C28H33NO4.ClH/c1-4-32-14-15-33-26-16-20(2)28(21(3)17-26)24-7-5-6-23(18-24)19-29-25-11-8-22(9-12-25)10-13-27(30)31;/h5-9,11-12,16-18,29H,4,10,13-15,19H2,1-3H3,(H,30,31);1H. The number of carbonyl (C=O) groups is 1. The Bertz CT molecular complexity index is 1040. The van der Waals surface area contributed by atoms with Crippen LogP contribution in [0.1, 0.15) is 35.6 Å². The predicted molar refractivity (Wildman–Crippen MR) is 140 cm³/mol. The topological polar surface area (TPSA) is 67.8 Å². The summed E-state index contributed by atoms with van der Waals surface area (Å²) in [7, 11) is 0. The molecule has 0 bridgehead atoms. The van der Waals surface area contributed by atoms with Crippen molar-refractivity contribution in [2.75, 3.05) is 25.1 Å². The van der Waals surface area contributed by atoms with Crippen LogP contribution in [0.4, 0.5) is 5.69 Å². The van der Waals surface area contributed by atoms with Crippen LogP contribution in [0.5, 0.6) is 5.75 Å². The number of carboxylic acid groups (broad SMARTS) is 1. The van der Waals surface area contributed by atoms with Gasteiger partial charge >= 0.3 is 5.97 Å². The molecule has 6 heteroatoms. The van der Waals surface area contributed by atoms with Crippen LogP contribution in [-0.4, -0.2) is 30.9 Å². The summed E-state index contributed by atoms with van der Waals surface area (Å²) < 4.78 is 11.2. The predicted octanol–water partition coefficient (Wildman–Crippen LogP) is 6.44. The van der Waals surface area contributed by atoms with E-state index in [2.05, 4.69) is 55.6 Å². The van der Waals surface area contributed by atoms with E-state index in [4.69, 9.17) is 14.6 Å². The lowest BCUT2D eigenvalue weighted by molar-refractivity contribution is -0.136. The highest BCUT2D eigenvalue weighted by Crippen LogP contribution is 2.31. The third-order valence-corrected chi connectivity index (χ3v) is 5.50. The first kappa shape index (κ1) is 27.2. The molecule has 182 valence electrons. The van der Waals surface area contributed by atoms with Crippen molar-refractivity contribution in [3.8, 4) is 16.9 Å². The van der Waals surface area contributed by atoms with Crippen molar-refractivity contribution in [3.05, 3.63) is 82.9 Å². The highest BCUT2D eigenvalue weighted by Gasteiger charge is 2.09. The summed E-state index contributed by atoms with van der Waals surface area (Å²) in [6.07, 6.45) is 0.700. The molecular formula is C28H34ClNO4. The molecule has 0 radical (unpaired) electrons. The lowest BCUT2D eigenvalue weighted by Gasteiger charge is -2.15. The second-order valence-electron chi connectivity index (χ2n) is 8.12. The quantitative estimate of drug-likeness (QED) is 0.290. The number of anilines is 1. The Labute approximate surface area is 208 Å². The number of benzene rings is 3. The molecule has 0 aliphatic carbocycles. The maximum absolute atomic E-state index is 10.7. The second-order valence-corrected chi connectivity index (χ2v) is 8.12. The lowest BCUT2D eigenvalue weighted by atomic mass is 9.94. The molecule has 3 aromatic carbocycles. The average molecular weight is 484 g/mol. The molecule has 0 aromatic heterocycles. The Morgan fingerprint density at radius 1 is 0.941 bits per heavy atom. The van der Waals surface area contributed by atoms with Gasteiger partial charge in [-0.2, -0.15) is 0 Å². The second kappa shape index (κ2) is 13.6. The molecule has 0 heterocycles. The third-order valence-electron chi connectivity index (χ3n) is 5.50. The number of ether oxygens (including phenoxy) is 2. The highest BCUT2D eigenvalue weighted by molar-refractivity contribution is 5.85. The highest BCUT2D eigenvalue weighted by atomic mass is 35.5. The Morgan fingerprint density at radius 3 is 2.29 bits per heavy atom. The minimum absolute atomic E-state index is 0. The molecule has 0 atom stereocenters. The van der Waals surface area contributed by atoms with Crippen LogP contribution in [0.2, 0.25) is 0 Å². The normalized spacial score (nSPS) is 10.4. The summed E-state index contributed by atoms with van der Waals surface area (Å²) in [6.45, 7) is 8.77. The van der Waals surface area contributed by atoms with Gasteiger partial charge < -0.3 is 19.9 Å². The Kier molecular flexibility index (Phi) is 10.9. The lowest BCUT2D eigenvalue weighted by Crippen LogP contribution is -2.06. The van der Waals surface area contributed by atoms with E-state index in [9.17, 15) is 4.79 Å². The maximum atomic E-state index is 10.7. The number of hydrogen-bond donors (Lipinski definition) is 2. The molecule has 0 aliphatic rings. The molecule has 0 amide bonds. The molecule has 34 heavy (non-hydrogen) atoms. The molecule has 2 N–H and O–H groups in total. The van der Waals surface area contributed by atoms with Crippen molar-refractivity contribution in [2.24, 2.45) is 0 Å². The zero-order valence-electron chi connectivity index (χ0n) is 20.1. The van der Waals surface area contributed by atoms with E-state index < -0.39 is 5.97 Å². The third kappa shape index (κ3) is 8.08. The van der Waals surface area contributed by atoms with Crippen molar-refractivity contribution in [1.82, 2.24) is 0 Å². The van der Waals surface area contributed by atoms with Gasteiger partial charge in [-0.1, -0.05) is 30.3 Å². The van der Waals surface area contributed by atoms with Gasteiger partial charge in [0.05, 0.1) is 6.61 Å². The molecule has 0 saturated heterocycles. The molecule has 0 spiro atoms. The van der Waals surface area contributed by atoms with E-state index in [-0.39, 0.29) is 18.8 Å². The monoisotopic (exact) mass is 483 g/mol. The van der Waals surface area contributed by atoms with Crippen LogP contribution in [0.25, 0.3) is 11.1 Å². The van der Waals surface area contributed by atoms with Gasteiger partial charge in [0.15, 0.2) is 0 Å². The van der Waals surface area contributed by atoms with Crippen molar-refractivity contribution in [1.29, 1.82) is 0 Å². The molecule has 0 unspecified atom stereocenters. The summed E-state index contributed by atoms with van der Waals surface area (Å²) in [5.74, 6) is 0.101. The summed E-state index contributed by atoms with van der Waals surface area (Å²) in [5.41, 5.74) is 8.03. The molecule has 3 rings (SSSR count). The minimum Gasteiger partial charge on any atom is -0.491 e. The van der Waals surface area contributed by atoms with Crippen molar-refractivity contribution in [2.45, 2.75) is 40.2 Å². The van der Waals surface area contributed by atoms with E-state index >= 15 is 0 Å². The first-order valence-corrected chi connectivity index (χ1v) is 11.4. The van der Waals surface area contributed by atoms with E-state index in [0.29, 0.717) is 32.8 Å². The van der Waals surface area contributed by atoms with Crippen LogP contribution in [0.15, 0.2) is 60.7 Å². The Balaban J connectivity index is 0.00000408. The largest absolute Gasteiger partial charge is 0.491 e. The first-order valence-electron chi connectivity index (χ1n) is 11.4. The van der Waals surface area contributed by atoms with Crippen LogP contribution < -0.4 is 10.1 Å². The first-order chi connectivity index (χ1) is 16.0. The van der Waals surface area contributed by atoms with Gasteiger partial charge in [-0.05, 0) is 90.9 Å². The summed E-state index contributed by atoms with van der Waals surface area (Å²) >= 11 is 0. The van der Waals surface area contributed by atoms with Gasteiger partial charge in [0.2, 0.25) is 0 Å². The van der Waals surface area contributed by atoms with Crippen LogP contribution in [-0.2, 0) is 22.5 Å². The van der Waals surface area contributed by atoms with Crippen LogP contribution >= 0.6 is 12.4 Å².